The van der Waals surface area contributed by atoms with Gasteiger partial charge in [0.25, 0.3) is 5.91 Å². The van der Waals surface area contributed by atoms with Crippen LogP contribution in [0.5, 0.6) is 0 Å². The van der Waals surface area contributed by atoms with Crippen LogP contribution in [0.15, 0.2) is 42.5 Å². The molecule has 27 heavy (non-hydrogen) atoms. The first-order valence-corrected chi connectivity index (χ1v) is 9.56. The van der Waals surface area contributed by atoms with Gasteiger partial charge in [0.2, 0.25) is 5.91 Å². The molecule has 6 heteroatoms. The second-order valence-corrected chi connectivity index (χ2v) is 7.08. The second kappa shape index (κ2) is 8.44. The van der Waals surface area contributed by atoms with Gasteiger partial charge in [-0.05, 0) is 36.8 Å². The molecule has 0 atom stereocenters. The SMILES string of the molecule is CCC(=O)N1CCN(c2ccccc2NC(=O)c2ccc(C)cc2Cl)CC1. The van der Waals surface area contributed by atoms with Gasteiger partial charge in [-0.3, -0.25) is 9.59 Å². The number of anilines is 2. The van der Waals surface area contributed by atoms with Crippen molar-refractivity contribution in [1.29, 1.82) is 0 Å². The molecule has 1 aliphatic heterocycles. The lowest BCUT2D eigenvalue weighted by atomic mass is 10.1. The van der Waals surface area contributed by atoms with Crippen LogP contribution in [0, 0.1) is 6.92 Å². The Morgan fingerprint density at radius 1 is 1.07 bits per heavy atom. The van der Waals surface area contributed by atoms with Crippen molar-refractivity contribution >= 4 is 34.8 Å². The van der Waals surface area contributed by atoms with Gasteiger partial charge in [0.1, 0.15) is 0 Å². The van der Waals surface area contributed by atoms with Gasteiger partial charge in [-0.15, -0.1) is 0 Å². The Balaban J connectivity index is 1.75. The molecule has 2 aromatic carbocycles. The van der Waals surface area contributed by atoms with Gasteiger partial charge in [-0.1, -0.05) is 36.7 Å². The zero-order valence-corrected chi connectivity index (χ0v) is 16.4. The fraction of sp³-hybridized carbons (Fsp3) is 0.333. The molecule has 0 spiro atoms. The lowest BCUT2D eigenvalue weighted by Gasteiger charge is -2.36. The van der Waals surface area contributed by atoms with E-state index in [0.29, 0.717) is 30.1 Å². The van der Waals surface area contributed by atoms with Crippen LogP contribution in [0.1, 0.15) is 29.3 Å². The summed E-state index contributed by atoms with van der Waals surface area (Å²) >= 11 is 6.23. The average molecular weight is 386 g/mol. The molecule has 1 heterocycles. The highest BCUT2D eigenvalue weighted by Gasteiger charge is 2.22. The van der Waals surface area contributed by atoms with Crippen LogP contribution in [-0.2, 0) is 4.79 Å². The normalized spacial score (nSPS) is 14.2. The molecule has 5 nitrogen and oxygen atoms in total. The number of halogens is 1. The maximum atomic E-state index is 12.7. The monoisotopic (exact) mass is 385 g/mol. The Kier molecular flexibility index (Phi) is 6.01. The summed E-state index contributed by atoms with van der Waals surface area (Å²) in [6.45, 7) is 6.69. The van der Waals surface area contributed by atoms with E-state index in [9.17, 15) is 9.59 Å². The number of nitrogens with one attached hydrogen (secondary N) is 1. The van der Waals surface area contributed by atoms with Gasteiger partial charge in [-0.25, -0.2) is 0 Å². The average Bonchev–Trinajstić information content (AvgIpc) is 2.68. The number of carbonyl (C=O) groups excluding carboxylic acids is 2. The summed E-state index contributed by atoms with van der Waals surface area (Å²) < 4.78 is 0. The molecule has 0 radical (unpaired) electrons. The molecule has 1 aliphatic rings. The molecule has 1 N–H and O–H groups in total. The van der Waals surface area contributed by atoms with Gasteiger partial charge in [0.15, 0.2) is 0 Å². The number of rotatable bonds is 4. The van der Waals surface area contributed by atoms with Crippen molar-refractivity contribution in [2.24, 2.45) is 0 Å². The van der Waals surface area contributed by atoms with Gasteiger partial charge in [0.05, 0.1) is 22.0 Å². The van der Waals surface area contributed by atoms with Gasteiger partial charge >= 0.3 is 0 Å². The second-order valence-electron chi connectivity index (χ2n) is 6.68. The fourth-order valence-electron chi connectivity index (χ4n) is 3.27. The van der Waals surface area contributed by atoms with Crippen LogP contribution >= 0.6 is 11.6 Å². The Hall–Kier alpha value is -2.53. The highest BCUT2D eigenvalue weighted by atomic mass is 35.5. The van der Waals surface area contributed by atoms with Crippen LogP contribution in [0.2, 0.25) is 5.02 Å². The van der Waals surface area contributed by atoms with E-state index in [2.05, 4.69) is 10.2 Å². The molecule has 2 aromatic rings. The first-order chi connectivity index (χ1) is 13.0. The summed E-state index contributed by atoms with van der Waals surface area (Å²) in [6, 6.07) is 13.1. The standard InChI is InChI=1S/C21H24ClN3O2/c1-3-20(26)25-12-10-24(11-13-25)19-7-5-4-6-18(19)23-21(27)16-9-8-15(2)14-17(16)22/h4-9,14H,3,10-13H2,1-2H3,(H,23,27). The predicted molar refractivity (Wildman–Crippen MR) is 110 cm³/mol. The number of piperazine rings is 1. The Morgan fingerprint density at radius 3 is 2.44 bits per heavy atom. The number of carbonyl (C=O) groups is 2. The number of nitrogens with zero attached hydrogens (tertiary/aromatic N) is 2. The third kappa shape index (κ3) is 4.42. The van der Waals surface area contributed by atoms with Crippen molar-refractivity contribution in [3.63, 3.8) is 0 Å². The summed E-state index contributed by atoms with van der Waals surface area (Å²) in [7, 11) is 0. The minimum Gasteiger partial charge on any atom is -0.366 e. The van der Waals surface area contributed by atoms with Crippen molar-refractivity contribution < 1.29 is 9.59 Å². The first kappa shape index (κ1) is 19.2. The zero-order valence-electron chi connectivity index (χ0n) is 15.7. The molecule has 0 bridgehead atoms. The Labute approximate surface area is 164 Å². The Morgan fingerprint density at radius 2 is 1.78 bits per heavy atom. The van der Waals surface area contributed by atoms with Crippen LogP contribution in [0.3, 0.4) is 0 Å². The number of benzene rings is 2. The number of hydrogen-bond acceptors (Lipinski definition) is 3. The van der Waals surface area contributed by atoms with E-state index >= 15 is 0 Å². The quantitative estimate of drug-likeness (QED) is 0.866. The largest absolute Gasteiger partial charge is 0.366 e. The highest BCUT2D eigenvalue weighted by molar-refractivity contribution is 6.34. The van der Waals surface area contributed by atoms with Gasteiger partial charge in [-0.2, -0.15) is 0 Å². The minimum absolute atomic E-state index is 0.185. The van der Waals surface area contributed by atoms with Crippen molar-refractivity contribution in [2.75, 3.05) is 36.4 Å². The molecule has 1 fully saturated rings. The molecule has 0 aromatic heterocycles. The topological polar surface area (TPSA) is 52.7 Å². The van der Waals surface area contributed by atoms with Crippen LogP contribution in [0.25, 0.3) is 0 Å². The highest BCUT2D eigenvalue weighted by Crippen LogP contribution is 2.28. The number of amides is 2. The summed E-state index contributed by atoms with van der Waals surface area (Å²) in [5.41, 5.74) is 3.17. The van der Waals surface area contributed by atoms with Crippen molar-refractivity contribution in [3.05, 3.63) is 58.6 Å². The van der Waals surface area contributed by atoms with Crippen LogP contribution in [-0.4, -0.2) is 42.9 Å². The first-order valence-electron chi connectivity index (χ1n) is 9.19. The third-order valence-corrected chi connectivity index (χ3v) is 5.11. The minimum atomic E-state index is -0.229. The molecule has 2 amide bonds. The van der Waals surface area contributed by atoms with E-state index in [0.717, 1.165) is 30.0 Å². The van der Waals surface area contributed by atoms with E-state index in [4.69, 9.17) is 11.6 Å². The molecule has 0 saturated carbocycles. The lowest BCUT2D eigenvalue weighted by molar-refractivity contribution is -0.131. The summed E-state index contributed by atoms with van der Waals surface area (Å²) in [4.78, 5) is 28.7. The zero-order chi connectivity index (χ0) is 19.4. The van der Waals surface area contributed by atoms with Gasteiger partial charge < -0.3 is 15.1 Å². The van der Waals surface area contributed by atoms with E-state index in [1.165, 1.54) is 0 Å². The smallest absolute Gasteiger partial charge is 0.257 e. The Bertz CT molecular complexity index is 845. The molecular weight excluding hydrogens is 362 g/mol. The lowest BCUT2D eigenvalue weighted by Crippen LogP contribution is -2.48. The number of aryl methyl sites for hydroxylation is 1. The van der Waals surface area contributed by atoms with Crippen molar-refractivity contribution in [2.45, 2.75) is 20.3 Å². The molecule has 3 rings (SSSR count). The predicted octanol–water partition coefficient (Wildman–Crippen LogP) is 3.96. The number of para-hydroxylation sites is 2. The van der Waals surface area contributed by atoms with Crippen molar-refractivity contribution in [1.82, 2.24) is 4.90 Å². The third-order valence-electron chi connectivity index (χ3n) is 4.80. The maximum absolute atomic E-state index is 12.7. The molecule has 142 valence electrons. The summed E-state index contributed by atoms with van der Waals surface area (Å²) in [5.74, 6) is -0.0440. The fourth-order valence-corrected chi connectivity index (χ4v) is 3.59. The maximum Gasteiger partial charge on any atom is 0.257 e. The van der Waals surface area contributed by atoms with E-state index in [1.807, 2.05) is 49.1 Å². The van der Waals surface area contributed by atoms with Crippen molar-refractivity contribution in [3.8, 4) is 0 Å². The number of hydrogen-bond donors (Lipinski definition) is 1. The summed E-state index contributed by atoms with van der Waals surface area (Å²) in [5, 5.41) is 3.43. The summed E-state index contributed by atoms with van der Waals surface area (Å²) in [6.07, 6.45) is 0.532. The van der Waals surface area contributed by atoms with Crippen LogP contribution < -0.4 is 10.2 Å². The molecule has 0 unspecified atom stereocenters. The molecule has 0 aliphatic carbocycles. The van der Waals surface area contributed by atoms with E-state index in [-0.39, 0.29) is 11.8 Å². The van der Waals surface area contributed by atoms with Crippen LogP contribution in [0.4, 0.5) is 11.4 Å². The molecule has 1 saturated heterocycles. The van der Waals surface area contributed by atoms with E-state index in [1.54, 1.807) is 12.1 Å². The van der Waals surface area contributed by atoms with E-state index < -0.39 is 0 Å². The molecular formula is C21H24ClN3O2. The van der Waals surface area contributed by atoms with Gasteiger partial charge in [0, 0.05) is 32.6 Å².